The number of rotatable bonds is 6. The number of nitrogens with zero attached hydrogens (tertiary/aromatic N) is 2. The zero-order valence-corrected chi connectivity index (χ0v) is 18.3. The minimum Gasteiger partial charge on any atom is -0.323 e. The van der Waals surface area contributed by atoms with Crippen molar-refractivity contribution < 1.29 is 17.6 Å². The van der Waals surface area contributed by atoms with Crippen molar-refractivity contribution in [3.8, 4) is 0 Å². The molecule has 0 unspecified atom stereocenters. The van der Waals surface area contributed by atoms with Crippen molar-refractivity contribution in [2.24, 2.45) is 4.40 Å². The number of amides is 1. The number of hydrogen-bond donors (Lipinski definition) is 1. The number of sulfonamides is 1. The van der Waals surface area contributed by atoms with Gasteiger partial charge in [-0.2, -0.15) is 8.42 Å². The van der Waals surface area contributed by atoms with Crippen molar-refractivity contribution >= 4 is 44.5 Å². The van der Waals surface area contributed by atoms with Crippen LogP contribution in [0.5, 0.6) is 0 Å². The molecule has 0 saturated heterocycles. The zero-order chi connectivity index (χ0) is 22.0. The van der Waals surface area contributed by atoms with Gasteiger partial charge < -0.3 is 10.2 Å². The fourth-order valence-corrected chi connectivity index (χ4v) is 5.25. The van der Waals surface area contributed by atoms with Crippen LogP contribution < -0.4 is 10.2 Å². The Labute approximate surface area is 184 Å². The Balaban J connectivity index is 1.71. The average molecular weight is 458 g/mol. The number of benzene rings is 2. The minimum atomic E-state index is -3.92. The Kier molecular flexibility index (Phi) is 5.88. The van der Waals surface area contributed by atoms with Crippen LogP contribution in [0.4, 0.5) is 15.8 Å². The Morgan fingerprint density at radius 1 is 1.16 bits per heavy atom. The van der Waals surface area contributed by atoms with E-state index >= 15 is 0 Å². The highest BCUT2D eigenvalue weighted by molar-refractivity contribution is 7.90. The molecule has 31 heavy (non-hydrogen) atoms. The highest BCUT2D eigenvalue weighted by Gasteiger charge is 2.31. The first-order valence-corrected chi connectivity index (χ1v) is 12.0. The van der Waals surface area contributed by atoms with Gasteiger partial charge in [0.05, 0.1) is 10.6 Å². The summed E-state index contributed by atoms with van der Waals surface area (Å²) in [7, 11) is -3.92. The standard InChI is InChI=1S/C22H20FN3O3S2/c1-2-4-21-25-31(28,29)20-13-17(24-22(27)19-5-3-12-30-19)10-11-18(20)26(21)14-15-6-8-16(23)9-7-15/h3,5-13H,2,4,14H2,1H3,(H,24,27). The van der Waals surface area contributed by atoms with Crippen molar-refractivity contribution in [2.45, 2.75) is 31.2 Å². The van der Waals surface area contributed by atoms with Gasteiger partial charge in [-0.25, -0.2) is 4.39 Å². The van der Waals surface area contributed by atoms with Crippen molar-refractivity contribution in [2.75, 3.05) is 10.2 Å². The average Bonchev–Trinajstić information content (AvgIpc) is 3.28. The third-order valence-electron chi connectivity index (χ3n) is 4.80. The Morgan fingerprint density at radius 3 is 2.61 bits per heavy atom. The molecular weight excluding hydrogens is 437 g/mol. The molecule has 0 radical (unpaired) electrons. The first kappa shape index (κ1) is 21.2. The number of nitrogens with one attached hydrogen (secondary N) is 1. The molecular formula is C22H20FN3O3S2. The second kappa shape index (κ2) is 8.60. The smallest absolute Gasteiger partial charge is 0.286 e. The van der Waals surface area contributed by atoms with E-state index in [2.05, 4.69) is 9.71 Å². The van der Waals surface area contributed by atoms with E-state index < -0.39 is 10.0 Å². The summed E-state index contributed by atoms with van der Waals surface area (Å²) in [4.78, 5) is 14.7. The molecule has 1 aliphatic heterocycles. The molecule has 2 aromatic carbocycles. The van der Waals surface area contributed by atoms with Crippen molar-refractivity contribution in [1.82, 2.24) is 0 Å². The molecule has 4 rings (SSSR count). The lowest BCUT2D eigenvalue weighted by Crippen LogP contribution is -2.35. The second-order valence-corrected chi connectivity index (χ2v) is 9.58. The molecule has 1 amide bonds. The number of amidine groups is 1. The number of thiophene rings is 1. The van der Waals surface area contributed by atoms with Gasteiger partial charge in [0.15, 0.2) is 0 Å². The number of halogens is 1. The van der Waals surface area contributed by atoms with Crippen LogP contribution in [0.3, 0.4) is 0 Å². The van der Waals surface area contributed by atoms with Crippen LogP contribution in [-0.2, 0) is 16.6 Å². The summed E-state index contributed by atoms with van der Waals surface area (Å²) in [6.45, 7) is 2.30. The molecule has 0 aliphatic carbocycles. The molecule has 1 aromatic heterocycles. The highest BCUT2D eigenvalue weighted by atomic mass is 32.2. The number of hydrogen-bond acceptors (Lipinski definition) is 5. The second-order valence-electron chi connectivity index (χ2n) is 7.06. The quantitative estimate of drug-likeness (QED) is 0.562. The molecule has 0 bridgehead atoms. The number of carbonyl (C=O) groups excluding carboxylic acids is 1. The van der Waals surface area contributed by atoms with Crippen LogP contribution >= 0.6 is 11.3 Å². The maximum Gasteiger partial charge on any atom is 0.286 e. The van der Waals surface area contributed by atoms with Crippen LogP contribution in [0.25, 0.3) is 0 Å². The van der Waals surface area contributed by atoms with Gasteiger partial charge in [-0.05, 0) is 53.8 Å². The molecule has 0 saturated carbocycles. The topological polar surface area (TPSA) is 78.8 Å². The normalized spacial score (nSPS) is 14.6. The van der Waals surface area contributed by atoms with Crippen LogP contribution in [-0.4, -0.2) is 20.2 Å². The Hall–Kier alpha value is -3.04. The summed E-state index contributed by atoms with van der Waals surface area (Å²) in [5.41, 5.74) is 1.68. The maximum absolute atomic E-state index is 13.3. The largest absolute Gasteiger partial charge is 0.323 e. The third kappa shape index (κ3) is 4.52. The van der Waals surface area contributed by atoms with Gasteiger partial charge in [0.2, 0.25) is 0 Å². The molecule has 3 aromatic rings. The van der Waals surface area contributed by atoms with Gasteiger partial charge in [0.1, 0.15) is 16.5 Å². The highest BCUT2D eigenvalue weighted by Crippen LogP contribution is 2.36. The van der Waals surface area contributed by atoms with Gasteiger partial charge in [-0.15, -0.1) is 15.7 Å². The third-order valence-corrected chi connectivity index (χ3v) is 7.00. The predicted octanol–water partition coefficient (Wildman–Crippen LogP) is 5.05. The van der Waals surface area contributed by atoms with E-state index in [9.17, 15) is 17.6 Å². The van der Waals surface area contributed by atoms with E-state index in [4.69, 9.17) is 0 Å². The molecule has 0 spiro atoms. The molecule has 160 valence electrons. The summed E-state index contributed by atoms with van der Waals surface area (Å²) in [6, 6.07) is 14.3. The van der Waals surface area contributed by atoms with Crippen molar-refractivity contribution in [3.63, 3.8) is 0 Å². The van der Waals surface area contributed by atoms with Crippen molar-refractivity contribution in [3.05, 3.63) is 76.2 Å². The van der Waals surface area contributed by atoms with E-state index in [1.807, 2.05) is 11.8 Å². The lowest BCUT2D eigenvalue weighted by molar-refractivity contribution is 0.103. The molecule has 2 heterocycles. The van der Waals surface area contributed by atoms with Gasteiger partial charge in [-0.3, -0.25) is 4.79 Å². The molecule has 0 fully saturated rings. The van der Waals surface area contributed by atoms with E-state index in [0.717, 1.165) is 12.0 Å². The van der Waals surface area contributed by atoms with Crippen LogP contribution in [0, 0.1) is 5.82 Å². The van der Waals surface area contributed by atoms with E-state index in [1.54, 1.807) is 41.8 Å². The van der Waals surface area contributed by atoms with Crippen molar-refractivity contribution in [1.29, 1.82) is 0 Å². The lowest BCUT2D eigenvalue weighted by atomic mass is 10.1. The SMILES string of the molecule is CCCC1=NS(=O)(=O)c2cc(NC(=O)c3cccs3)ccc2N1Cc1ccc(F)cc1. The molecule has 1 aliphatic rings. The Morgan fingerprint density at radius 2 is 1.94 bits per heavy atom. The van der Waals surface area contributed by atoms with Gasteiger partial charge in [-0.1, -0.05) is 25.1 Å². The van der Waals surface area contributed by atoms with E-state index in [-0.39, 0.29) is 16.6 Å². The first-order chi connectivity index (χ1) is 14.9. The summed E-state index contributed by atoms with van der Waals surface area (Å²) >= 11 is 1.30. The van der Waals surface area contributed by atoms with Crippen LogP contribution in [0.2, 0.25) is 0 Å². The van der Waals surface area contributed by atoms with Gasteiger partial charge in [0.25, 0.3) is 15.9 Å². The summed E-state index contributed by atoms with van der Waals surface area (Å²) in [6.07, 6.45) is 1.20. The van der Waals surface area contributed by atoms with Crippen LogP contribution in [0.15, 0.2) is 69.3 Å². The lowest BCUT2D eigenvalue weighted by Gasteiger charge is -2.31. The summed E-state index contributed by atoms with van der Waals surface area (Å²) in [5.74, 6) is -0.199. The molecule has 9 heteroatoms. The van der Waals surface area contributed by atoms with Gasteiger partial charge >= 0.3 is 0 Å². The maximum atomic E-state index is 13.3. The first-order valence-electron chi connectivity index (χ1n) is 9.72. The summed E-state index contributed by atoms with van der Waals surface area (Å²) < 4.78 is 43.1. The number of carbonyl (C=O) groups is 1. The van der Waals surface area contributed by atoms with E-state index in [1.165, 1.54) is 29.5 Å². The van der Waals surface area contributed by atoms with Gasteiger partial charge in [0, 0.05) is 18.7 Å². The minimum absolute atomic E-state index is 0.0263. The number of anilines is 2. The zero-order valence-electron chi connectivity index (χ0n) is 16.7. The summed E-state index contributed by atoms with van der Waals surface area (Å²) in [5, 5.41) is 4.53. The molecule has 6 nitrogen and oxygen atoms in total. The monoisotopic (exact) mass is 457 g/mol. The molecule has 0 atom stereocenters. The Bertz CT molecular complexity index is 1240. The van der Waals surface area contributed by atoms with Crippen LogP contribution in [0.1, 0.15) is 35.0 Å². The fourth-order valence-electron chi connectivity index (χ4n) is 3.35. The van der Waals surface area contributed by atoms with E-state index in [0.29, 0.717) is 35.1 Å². The predicted molar refractivity (Wildman–Crippen MR) is 121 cm³/mol. The number of fused-ring (bicyclic) bond motifs is 1. The fraction of sp³-hybridized carbons (Fsp3) is 0.182. The molecule has 1 N–H and O–H groups in total.